The molecule has 0 unspecified atom stereocenters. The van der Waals surface area contributed by atoms with Crippen molar-refractivity contribution < 1.29 is 14.3 Å². The van der Waals surface area contributed by atoms with Crippen LogP contribution in [0.3, 0.4) is 0 Å². The van der Waals surface area contributed by atoms with Gasteiger partial charge >= 0.3 is 5.97 Å². The normalized spacial score (nSPS) is 7.33. The van der Waals surface area contributed by atoms with Crippen molar-refractivity contribution in [2.24, 2.45) is 0 Å². The second kappa shape index (κ2) is 6.52. The van der Waals surface area contributed by atoms with Crippen LogP contribution in [0.15, 0.2) is 0 Å². The van der Waals surface area contributed by atoms with Crippen LogP contribution in [0.25, 0.3) is 0 Å². The van der Waals surface area contributed by atoms with E-state index < -0.39 is 11.8 Å². The van der Waals surface area contributed by atoms with Crippen molar-refractivity contribution in [2.45, 2.75) is 13.8 Å². The van der Waals surface area contributed by atoms with Gasteiger partial charge in [-0.1, -0.05) is 0 Å². The molecule has 0 N–H and O–H groups in total. The summed E-state index contributed by atoms with van der Waals surface area (Å²) in [6.45, 7) is 3.09. The van der Waals surface area contributed by atoms with Gasteiger partial charge in [0, 0.05) is 44.7 Å². The maximum absolute atomic E-state index is 10.2. The Kier molecular flexibility index (Phi) is 8.77. The summed E-state index contributed by atoms with van der Waals surface area (Å²) in [7, 11) is 0. The van der Waals surface area contributed by atoms with Crippen LogP contribution in [0.4, 0.5) is 0 Å². The van der Waals surface area contributed by atoms with E-state index in [0.717, 1.165) is 0 Å². The molecule has 0 bridgehead atoms. The summed E-state index contributed by atoms with van der Waals surface area (Å²) < 4.78 is 4.31. The summed E-state index contributed by atoms with van der Waals surface area (Å²) in [6, 6.07) is 0. The summed E-state index contributed by atoms with van der Waals surface area (Å²) >= 11 is 0. The number of rotatable bonds is 2. The minimum Gasteiger partial charge on any atom is -0.460 e. The van der Waals surface area contributed by atoms with Crippen molar-refractivity contribution in [1.82, 2.24) is 0 Å². The Morgan fingerprint density at radius 2 is 1.89 bits per heavy atom. The summed E-state index contributed by atoms with van der Waals surface area (Å²) in [5.41, 5.74) is 0. The van der Waals surface area contributed by atoms with Crippen LogP contribution in [-0.4, -0.2) is 56.1 Å². The van der Waals surface area contributed by atoms with Gasteiger partial charge in [0.2, 0.25) is 5.78 Å². The van der Waals surface area contributed by atoms with E-state index in [4.69, 9.17) is 0 Å². The third-order valence-electron chi connectivity index (χ3n) is 0.563. The molecule has 0 heterocycles. The molecule has 0 atom stereocenters. The SMILES string of the molecule is CCOC(=O)C(C)=O.[Ca]. The van der Waals surface area contributed by atoms with Gasteiger partial charge in [0.15, 0.2) is 0 Å². The third kappa shape index (κ3) is 6.28. The molecule has 9 heavy (non-hydrogen) atoms. The average Bonchev–Trinajstić information content (AvgIpc) is 1.67. The fourth-order valence-corrected chi connectivity index (χ4v) is 0.233. The Labute approximate surface area is 83.8 Å². The van der Waals surface area contributed by atoms with Gasteiger partial charge in [0.05, 0.1) is 6.61 Å². The smallest absolute Gasteiger partial charge is 0.374 e. The molecule has 0 rings (SSSR count). The first-order chi connectivity index (χ1) is 3.68. The van der Waals surface area contributed by atoms with Gasteiger partial charge < -0.3 is 4.74 Å². The van der Waals surface area contributed by atoms with E-state index in [-0.39, 0.29) is 44.3 Å². The molecule has 0 fully saturated rings. The van der Waals surface area contributed by atoms with Crippen molar-refractivity contribution in [3.63, 3.8) is 0 Å². The van der Waals surface area contributed by atoms with Gasteiger partial charge in [-0.05, 0) is 6.92 Å². The molecular weight excluding hydrogens is 148 g/mol. The number of Topliss-reactive ketones (excluding diaryl/α,β-unsaturated/α-hetero) is 1. The molecule has 2 radical (unpaired) electrons. The molecule has 3 nitrogen and oxygen atoms in total. The van der Waals surface area contributed by atoms with Crippen molar-refractivity contribution in [2.75, 3.05) is 6.61 Å². The van der Waals surface area contributed by atoms with E-state index in [9.17, 15) is 9.59 Å². The molecule has 48 valence electrons. The topological polar surface area (TPSA) is 43.4 Å². The molecule has 0 aliphatic rings. The zero-order chi connectivity index (χ0) is 6.57. The summed E-state index contributed by atoms with van der Waals surface area (Å²) in [6.07, 6.45) is 0. The molecule has 0 aromatic rings. The third-order valence-corrected chi connectivity index (χ3v) is 0.563. The number of ketones is 1. The van der Waals surface area contributed by atoms with Crippen LogP contribution in [0.2, 0.25) is 0 Å². The van der Waals surface area contributed by atoms with E-state index in [2.05, 4.69) is 4.74 Å². The number of esters is 1. The average molecular weight is 156 g/mol. The molecule has 0 aliphatic heterocycles. The molecular formula is C5H8CaO3. The van der Waals surface area contributed by atoms with Gasteiger partial charge in [0.25, 0.3) is 0 Å². The molecule has 0 saturated heterocycles. The predicted molar refractivity (Wildman–Crippen MR) is 33.1 cm³/mol. The number of ether oxygens (including phenoxy) is 1. The fourth-order valence-electron chi connectivity index (χ4n) is 0.233. The minimum absolute atomic E-state index is 0. The Hall–Kier alpha value is 0.400. The zero-order valence-electron chi connectivity index (χ0n) is 5.64. The number of hydrogen-bond acceptors (Lipinski definition) is 3. The molecule has 0 aliphatic carbocycles. The fraction of sp³-hybridized carbons (Fsp3) is 0.600. The molecule has 0 aromatic heterocycles. The van der Waals surface area contributed by atoms with Gasteiger partial charge in [-0.15, -0.1) is 0 Å². The minimum atomic E-state index is -0.757. The van der Waals surface area contributed by atoms with Crippen molar-refractivity contribution >= 4 is 49.5 Å². The first-order valence-corrected chi connectivity index (χ1v) is 2.36. The first kappa shape index (κ1) is 12.1. The van der Waals surface area contributed by atoms with Crippen molar-refractivity contribution in [3.8, 4) is 0 Å². The Balaban J connectivity index is 0. The first-order valence-electron chi connectivity index (χ1n) is 2.36. The molecule has 0 aromatic carbocycles. The molecule has 0 amide bonds. The van der Waals surface area contributed by atoms with Gasteiger partial charge in [-0.2, -0.15) is 0 Å². The van der Waals surface area contributed by atoms with Gasteiger partial charge in [-0.25, -0.2) is 4.79 Å². The van der Waals surface area contributed by atoms with Crippen LogP contribution < -0.4 is 0 Å². The van der Waals surface area contributed by atoms with E-state index in [1.165, 1.54) is 6.92 Å². The maximum Gasteiger partial charge on any atom is 0.374 e. The second-order valence-corrected chi connectivity index (χ2v) is 1.28. The van der Waals surface area contributed by atoms with Crippen LogP contribution in [0.1, 0.15) is 13.8 Å². The van der Waals surface area contributed by atoms with E-state index in [1.54, 1.807) is 6.92 Å². The largest absolute Gasteiger partial charge is 0.460 e. The summed E-state index contributed by atoms with van der Waals surface area (Å²) in [5, 5.41) is 0. The van der Waals surface area contributed by atoms with E-state index in [0.29, 0.717) is 0 Å². The molecule has 4 heteroatoms. The van der Waals surface area contributed by atoms with E-state index in [1.807, 2.05) is 0 Å². The number of hydrogen-bond donors (Lipinski definition) is 0. The van der Waals surface area contributed by atoms with Crippen LogP contribution in [0.5, 0.6) is 0 Å². The number of carbonyl (C=O) groups excluding carboxylic acids is 2. The Morgan fingerprint density at radius 1 is 1.44 bits per heavy atom. The van der Waals surface area contributed by atoms with Crippen LogP contribution >= 0.6 is 0 Å². The zero-order valence-corrected chi connectivity index (χ0v) is 7.85. The predicted octanol–water partition coefficient (Wildman–Crippen LogP) is -0.242. The molecule has 0 spiro atoms. The van der Waals surface area contributed by atoms with E-state index >= 15 is 0 Å². The van der Waals surface area contributed by atoms with Crippen LogP contribution in [0, 0.1) is 0 Å². The maximum atomic E-state index is 10.2. The number of carbonyl (C=O) groups is 2. The quantitative estimate of drug-likeness (QED) is 0.315. The monoisotopic (exact) mass is 156 g/mol. The molecule has 0 saturated carbocycles. The van der Waals surface area contributed by atoms with Crippen LogP contribution in [-0.2, 0) is 14.3 Å². The standard InChI is InChI=1S/C5H8O3.Ca/c1-3-8-5(7)4(2)6;/h3H2,1-2H3;. The Bertz CT molecular complexity index is 111. The van der Waals surface area contributed by atoms with Gasteiger partial charge in [0.1, 0.15) is 0 Å². The van der Waals surface area contributed by atoms with Crippen molar-refractivity contribution in [3.05, 3.63) is 0 Å². The van der Waals surface area contributed by atoms with Gasteiger partial charge in [-0.3, -0.25) is 4.79 Å². The van der Waals surface area contributed by atoms with Crippen molar-refractivity contribution in [1.29, 1.82) is 0 Å². The second-order valence-electron chi connectivity index (χ2n) is 1.28. The summed E-state index contributed by atoms with van der Waals surface area (Å²) in [4.78, 5) is 20.2. The summed E-state index contributed by atoms with van der Waals surface area (Å²) in [5.74, 6) is -1.31. The Morgan fingerprint density at radius 3 is 2.00 bits per heavy atom.